The standard InChI is InChI=1S/C10H13N7O/c1-11-8-15-9(17-10(16-8)18-2)13-5-7-3-4-12-6-14-7/h3-4,6H,5H2,1-2H3,(H2,11,13,15,16,17). The molecule has 0 aliphatic rings. The zero-order valence-electron chi connectivity index (χ0n) is 10.1. The Morgan fingerprint density at radius 2 is 2.06 bits per heavy atom. The Hall–Kier alpha value is -2.51. The lowest BCUT2D eigenvalue weighted by Gasteiger charge is -2.07. The average molecular weight is 247 g/mol. The van der Waals surface area contributed by atoms with E-state index in [2.05, 4.69) is 35.6 Å². The summed E-state index contributed by atoms with van der Waals surface area (Å²) in [7, 11) is 3.23. The monoisotopic (exact) mass is 247 g/mol. The molecule has 0 aliphatic heterocycles. The van der Waals surface area contributed by atoms with Gasteiger partial charge in [0.25, 0.3) is 0 Å². The predicted molar refractivity (Wildman–Crippen MR) is 65.3 cm³/mol. The third-order valence-electron chi connectivity index (χ3n) is 2.09. The van der Waals surface area contributed by atoms with Gasteiger partial charge in [-0.3, -0.25) is 0 Å². The smallest absolute Gasteiger partial charge is 0.322 e. The first-order valence-electron chi connectivity index (χ1n) is 5.28. The van der Waals surface area contributed by atoms with Crippen LogP contribution < -0.4 is 15.4 Å². The summed E-state index contributed by atoms with van der Waals surface area (Å²) in [5.74, 6) is 0.858. The van der Waals surface area contributed by atoms with Crippen LogP contribution in [-0.2, 0) is 6.54 Å². The summed E-state index contributed by atoms with van der Waals surface area (Å²) in [6.45, 7) is 0.499. The van der Waals surface area contributed by atoms with Crippen molar-refractivity contribution >= 4 is 11.9 Å². The fourth-order valence-corrected chi connectivity index (χ4v) is 1.23. The van der Waals surface area contributed by atoms with Crippen molar-refractivity contribution in [2.75, 3.05) is 24.8 Å². The maximum atomic E-state index is 4.98. The summed E-state index contributed by atoms with van der Waals surface area (Å²) in [4.78, 5) is 20.2. The van der Waals surface area contributed by atoms with Gasteiger partial charge in [-0.2, -0.15) is 15.0 Å². The molecule has 0 atom stereocenters. The van der Waals surface area contributed by atoms with Gasteiger partial charge in [-0.05, 0) is 6.07 Å². The van der Waals surface area contributed by atoms with Crippen LogP contribution in [0.4, 0.5) is 11.9 Å². The van der Waals surface area contributed by atoms with E-state index in [1.807, 2.05) is 6.07 Å². The van der Waals surface area contributed by atoms with Gasteiger partial charge in [0, 0.05) is 13.2 Å². The van der Waals surface area contributed by atoms with Gasteiger partial charge in [-0.1, -0.05) is 0 Å². The minimum Gasteiger partial charge on any atom is -0.467 e. The molecule has 2 aromatic rings. The van der Waals surface area contributed by atoms with Crippen LogP contribution in [0.1, 0.15) is 5.69 Å². The summed E-state index contributed by atoms with van der Waals surface area (Å²) in [5, 5.41) is 5.87. The third-order valence-corrected chi connectivity index (χ3v) is 2.09. The molecule has 0 aromatic carbocycles. The van der Waals surface area contributed by atoms with Crippen molar-refractivity contribution in [2.45, 2.75) is 6.54 Å². The second-order valence-electron chi connectivity index (χ2n) is 3.27. The molecule has 2 rings (SSSR count). The van der Waals surface area contributed by atoms with E-state index in [9.17, 15) is 0 Å². The van der Waals surface area contributed by atoms with Crippen LogP contribution in [0.25, 0.3) is 0 Å². The summed E-state index contributed by atoms with van der Waals surface area (Å²) in [6, 6.07) is 2.06. The molecule has 2 aromatic heterocycles. The largest absolute Gasteiger partial charge is 0.467 e. The molecule has 8 heteroatoms. The molecule has 0 saturated carbocycles. The quantitative estimate of drug-likeness (QED) is 0.779. The summed E-state index contributed by atoms with van der Waals surface area (Å²) in [5.41, 5.74) is 0.843. The zero-order valence-corrected chi connectivity index (χ0v) is 10.1. The molecule has 0 fully saturated rings. The average Bonchev–Trinajstić information content (AvgIpc) is 2.45. The highest BCUT2D eigenvalue weighted by atomic mass is 16.5. The van der Waals surface area contributed by atoms with Crippen molar-refractivity contribution < 1.29 is 4.74 Å². The van der Waals surface area contributed by atoms with Gasteiger partial charge in [0.15, 0.2) is 0 Å². The number of nitrogens with zero attached hydrogens (tertiary/aromatic N) is 5. The molecule has 0 spiro atoms. The van der Waals surface area contributed by atoms with E-state index >= 15 is 0 Å². The Morgan fingerprint density at radius 3 is 2.72 bits per heavy atom. The van der Waals surface area contributed by atoms with Crippen LogP contribution in [0.5, 0.6) is 6.01 Å². The molecule has 0 aliphatic carbocycles. The van der Waals surface area contributed by atoms with E-state index in [0.717, 1.165) is 5.69 Å². The van der Waals surface area contributed by atoms with Crippen molar-refractivity contribution in [2.24, 2.45) is 0 Å². The Balaban J connectivity index is 2.09. The fourth-order valence-electron chi connectivity index (χ4n) is 1.23. The van der Waals surface area contributed by atoms with E-state index in [1.165, 1.54) is 13.4 Å². The first-order chi connectivity index (χ1) is 8.81. The van der Waals surface area contributed by atoms with Crippen LogP contribution in [-0.4, -0.2) is 39.1 Å². The number of ether oxygens (including phenoxy) is 1. The van der Waals surface area contributed by atoms with E-state index in [0.29, 0.717) is 18.4 Å². The Bertz CT molecular complexity index is 483. The summed E-state index contributed by atoms with van der Waals surface area (Å²) < 4.78 is 4.98. The highest BCUT2D eigenvalue weighted by Gasteiger charge is 2.05. The SMILES string of the molecule is CNc1nc(NCc2ccncn2)nc(OC)n1. The molecule has 94 valence electrons. The maximum Gasteiger partial charge on any atom is 0.322 e. The number of hydrogen-bond acceptors (Lipinski definition) is 8. The minimum atomic E-state index is 0.250. The van der Waals surface area contributed by atoms with Crippen molar-refractivity contribution in [1.29, 1.82) is 0 Å². The van der Waals surface area contributed by atoms with Gasteiger partial charge in [0.2, 0.25) is 11.9 Å². The van der Waals surface area contributed by atoms with E-state index in [1.54, 1.807) is 13.2 Å². The van der Waals surface area contributed by atoms with Gasteiger partial charge in [-0.25, -0.2) is 9.97 Å². The first kappa shape index (κ1) is 12.0. The van der Waals surface area contributed by atoms with Crippen LogP contribution in [0.15, 0.2) is 18.6 Å². The molecular formula is C10H13N7O. The molecule has 0 radical (unpaired) electrons. The first-order valence-corrected chi connectivity index (χ1v) is 5.28. The van der Waals surface area contributed by atoms with Gasteiger partial charge in [0.05, 0.1) is 19.3 Å². The number of rotatable bonds is 5. The van der Waals surface area contributed by atoms with Crippen molar-refractivity contribution in [3.63, 3.8) is 0 Å². The number of hydrogen-bond donors (Lipinski definition) is 2. The second kappa shape index (κ2) is 5.71. The van der Waals surface area contributed by atoms with Gasteiger partial charge >= 0.3 is 6.01 Å². The zero-order chi connectivity index (χ0) is 12.8. The van der Waals surface area contributed by atoms with E-state index < -0.39 is 0 Å². The Kier molecular flexibility index (Phi) is 3.79. The molecule has 0 amide bonds. The predicted octanol–water partition coefficient (Wildman–Crippen LogP) is 0.324. The van der Waals surface area contributed by atoms with Crippen LogP contribution in [0.2, 0.25) is 0 Å². The number of nitrogens with one attached hydrogen (secondary N) is 2. The van der Waals surface area contributed by atoms with Gasteiger partial charge in [0.1, 0.15) is 6.33 Å². The Labute approximate surface area is 104 Å². The fraction of sp³-hybridized carbons (Fsp3) is 0.300. The molecule has 0 unspecified atom stereocenters. The molecule has 0 saturated heterocycles. The van der Waals surface area contributed by atoms with Crippen LogP contribution >= 0.6 is 0 Å². The summed E-state index contributed by atoms with van der Waals surface area (Å²) >= 11 is 0. The van der Waals surface area contributed by atoms with Crippen molar-refractivity contribution in [3.8, 4) is 6.01 Å². The van der Waals surface area contributed by atoms with Gasteiger partial charge < -0.3 is 15.4 Å². The lowest BCUT2D eigenvalue weighted by molar-refractivity contribution is 0.379. The normalized spacial score (nSPS) is 9.89. The molecular weight excluding hydrogens is 234 g/mol. The number of aromatic nitrogens is 5. The molecule has 8 nitrogen and oxygen atoms in total. The maximum absolute atomic E-state index is 4.98. The van der Waals surface area contributed by atoms with E-state index in [-0.39, 0.29) is 6.01 Å². The minimum absolute atomic E-state index is 0.250. The molecule has 2 heterocycles. The summed E-state index contributed by atoms with van der Waals surface area (Å²) in [6.07, 6.45) is 3.17. The molecule has 0 bridgehead atoms. The van der Waals surface area contributed by atoms with Crippen LogP contribution in [0, 0.1) is 0 Å². The third kappa shape index (κ3) is 3.00. The van der Waals surface area contributed by atoms with Crippen LogP contribution in [0.3, 0.4) is 0 Å². The topological polar surface area (TPSA) is 97.7 Å². The Morgan fingerprint density at radius 1 is 1.22 bits per heavy atom. The molecule has 18 heavy (non-hydrogen) atoms. The lowest BCUT2D eigenvalue weighted by atomic mass is 10.4. The molecule has 2 N–H and O–H groups in total. The number of methoxy groups -OCH3 is 1. The van der Waals surface area contributed by atoms with Gasteiger partial charge in [-0.15, -0.1) is 0 Å². The number of anilines is 2. The highest BCUT2D eigenvalue weighted by Crippen LogP contribution is 2.10. The van der Waals surface area contributed by atoms with E-state index in [4.69, 9.17) is 4.74 Å². The van der Waals surface area contributed by atoms with Crippen molar-refractivity contribution in [3.05, 3.63) is 24.3 Å². The highest BCUT2D eigenvalue weighted by molar-refractivity contribution is 5.35. The second-order valence-corrected chi connectivity index (χ2v) is 3.27. The van der Waals surface area contributed by atoms with Crippen molar-refractivity contribution in [1.82, 2.24) is 24.9 Å². The lowest BCUT2D eigenvalue weighted by Crippen LogP contribution is -2.09.